The summed E-state index contributed by atoms with van der Waals surface area (Å²) in [5.41, 5.74) is 1.85. The quantitative estimate of drug-likeness (QED) is 0.661. The van der Waals surface area contributed by atoms with Gasteiger partial charge in [0.25, 0.3) is 11.5 Å². The van der Waals surface area contributed by atoms with Gasteiger partial charge in [-0.25, -0.2) is 4.98 Å². The smallest absolute Gasteiger partial charge is 0.261 e. The molecule has 7 nitrogen and oxygen atoms in total. The van der Waals surface area contributed by atoms with Crippen LogP contribution in [0.25, 0.3) is 10.9 Å². The zero-order valence-corrected chi connectivity index (χ0v) is 15.3. The maximum absolute atomic E-state index is 13.3. The summed E-state index contributed by atoms with van der Waals surface area (Å²) >= 11 is 0. The molecule has 2 aliphatic heterocycles. The summed E-state index contributed by atoms with van der Waals surface area (Å²) in [5.74, 6) is 1.26. The van der Waals surface area contributed by atoms with Crippen molar-refractivity contribution >= 4 is 16.8 Å². The second kappa shape index (κ2) is 5.77. The molecule has 27 heavy (non-hydrogen) atoms. The largest absolute Gasteiger partial charge is 0.361 e. The number of amides is 1. The fourth-order valence-electron chi connectivity index (χ4n) is 4.57. The first-order valence-electron chi connectivity index (χ1n) is 9.28. The average Bonchev–Trinajstić information content (AvgIpc) is 3.14. The maximum atomic E-state index is 13.3. The molecule has 1 fully saturated rings. The van der Waals surface area contributed by atoms with Crippen LogP contribution in [-0.2, 0) is 13.0 Å². The van der Waals surface area contributed by atoms with Gasteiger partial charge in [0.05, 0.1) is 22.6 Å². The first-order chi connectivity index (χ1) is 13.0. The predicted molar refractivity (Wildman–Crippen MR) is 98.7 cm³/mol. The number of hydrogen-bond donors (Lipinski definition) is 0. The third-order valence-corrected chi connectivity index (χ3v) is 5.85. The van der Waals surface area contributed by atoms with Crippen LogP contribution in [0.2, 0.25) is 0 Å². The van der Waals surface area contributed by atoms with E-state index in [1.165, 1.54) is 0 Å². The number of aromatic nitrogens is 3. The van der Waals surface area contributed by atoms with Crippen LogP contribution < -0.4 is 5.56 Å². The molecule has 4 heterocycles. The van der Waals surface area contributed by atoms with Gasteiger partial charge in [-0.3, -0.25) is 14.2 Å². The lowest BCUT2D eigenvalue weighted by molar-refractivity contribution is 0.0663. The summed E-state index contributed by atoms with van der Waals surface area (Å²) in [6.45, 7) is 4.04. The predicted octanol–water partition coefficient (Wildman–Crippen LogP) is 2.23. The van der Waals surface area contributed by atoms with Gasteiger partial charge in [-0.2, -0.15) is 0 Å². The highest BCUT2D eigenvalue weighted by Crippen LogP contribution is 2.33. The van der Waals surface area contributed by atoms with Crippen LogP contribution in [0, 0.1) is 13.8 Å². The SMILES string of the molecule is Cc1noc(C)c1C(=O)N1[C@@H]2CC[C@H]1Cn1c(nc3ccccc3c1=O)C2. The van der Waals surface area contributed by atoms with Crippen molar-refractivity contribution in [1.29, 1.82) is 0 Å². The molecule has 2 aromatic heterocycles. The van der Waals surface area contributed by atoms with E-state index in [1.54, 1.807) is 18.4 Å². The fraction of sp³-hybridized carbons (Fsp3) is 0.400. The Labute approximate surface area is 155 Å². The zero-order valence-electron chi connectivity index (χ0n) is 15.3. The van der Waals surface area contributed by atoms with Crippen LogP contribution >= 0.6 is 0 Å². The molecule has 138 valence electrons. The molecule has 2 atom stereocenters. The first kappa shape index (κ1) is 16.2. The summed E-state index contributed by atoms with van der Waals surface area (Å²) in [7, 11) is 0. The molecule has 1 amide bonds. The molecule has 5 rings (SSSR count). The minimum atomic E-state index is -0.0517. The molecule has 2 aliphatic rings. The van der Waals surface area contributed by atoms with E-state index in [-0.39, 0.29) is 23.6 Å². The average molecular weight is 364 g/mol. The van der Waals surface area contributed by atoms with E-state index < -0.39 is 0 Å². The highest BCUT2D eigenvalue weighted by Gasteiger charge is 2.42. The zero-order chi connectivity index (χ0) is 18.7. The van der Waals surface area contributed by atoms with Crippen LogP contribution in [0.1, 0.15) is 40.5 Å². The van der Waals surface area contributed by atoms with Gasteiger partial charge in [-0.05, 0) is 38.8 Å². The Morgan fingerprint density at radius 3 is 2.74 bits per heavy atom. The Morgan fingerprint density at radius 2 is 1.96 bits per heavy atom. The van der Waals surface area contributed by atoms with Crippen molar-refractivity contribution < 1.29 is 9.32 Å². The summed E-state index contributed by atoms with van der Waals surface area (Å²) in [5, 5.41) is 4.55. The van der Waals surface area contributed by atoms with Crippen molar-refractivity contribution in [3.8, 4) is 0 Å². The number of benzene rings is 1. The molecule has 1 aromatic carbocycles. The lowest BCUT2D eigenvalue weighted by atomic mass is 10.1. The number of rotatable bonds is 1. The number of carbonyl (C=O) groups is 1. The van der Waals surface area contributed by atoms with Gasteiger partial charge in [-0.1, -0.05) is 17.3 Å². The molecule has 0 radical (unpaired) electrons. The Balaban J connectivity index is 1.60. The summed E-state index contributed by atoms with van der Waals surface area (Å²) in [6.07, 6.45) is 2.40. The molecule has 2 bridgehead atoms. The van der Waals surface area contributed by atoms with Crippen molar-refractivity contribution in [2.75, 3.05) is 0 Å². The van der Waals surface area contributed by atoms with E-state index in [0.717, 1.165) is 24.2 Å². The molecule has 0 unspecified atom stereocenters. The monoisotopic (exact) mass is 364 g/mol. The number of fused-ring (bicyclic) bond motifs is 4. The fourth-order valence-corrected chi connectivity index (χ4v) is 4.57. The normalized spacial score (nSPS) is 21.3. The lowest BCUT2D eigenvalue weighted by Gasteiger charge is -2.27. The number of carbonyl (C=O) groups excluding carboxylic acids is 1. The maximum Gasteiger partial charge on any atom is 0.261 e. The minimum Gasteiger partial charge on any atom is -0.361 e. The third kappa shape index (κ3) is 2.34. The molecular weight excluding hydrogens is 344 g/mol. The molecular formula is C20H20N4O3. The number of para-hydroxylation sites is 1. The molecule has 1 saturated heterocycles. The van der Waals surface area contributed by atoms with E-state index in [9.17, 15) is 9.59 Å². The molecule has 0 aliphatic carbocycles. The Bertz CT molecular complexity index is 1110. The van der Waals surface area contributed by atoms with Crippen LogP contribution in [-0.4, -0.2) is 37.6 Å². The Kier molecular flexibility index (Phi) is 3.47. The van der Waals surface area contributed by atoms with E-state index in [4.69, 9.17) is 9.51 Å². The van der Waals surface area contributed by atoms with E-state index in [0.29, 0.717) is 35.4 Å². The number of aryl methyl sites for hydroxylation is 2. The van der Waals surface area contributed by atoms with Crippen molar-refractivity contribution in [2.45, 2.75) is 51.7 Å². The van der Waals surface area contributed by atoms with Crippen molar-refractivity contribution in [3.05, 3.63) is 57.5 Å². The second-order valence-corrected chi connectivity index (χ2v) is 7.46. The van der Waals surface area contributed by atoms with Gasteiger partial charge >= 0.3 is 0 Å². The van der Waals surface area contributed by atoms with Gasteiger partial charge in [0.15, 0.2) is 0 Å². The number of hydrogen-bond acceptors (Lipinski definition) is 5. The van der Waals surface area contributed by atoms with Gasteiger partial charge in [0, 0.05) is 19.0 Å². The van der Waals surface area contributed by atoms with Gasteiger partial charge in [-0.15, -0.1) is 0 Å². The van der Waals surface area contributed by atoms with Crippen molar-refractivity contribution in [2.24, 2.45) is 0 Å². The first-order valence-corrected chi connectivity index (χ1v) is 9.28. The van der Waals surface area contributed by atoms with E-state index in [1.807, 2.05) is 29.2 Å². The summed E-state index contributed by atoms with van der Waals surface area (Å²) < 4.78 is 6.96. The second-order valence-electron chi connectivity index (χ2n) is 7.46. The standard InChI is InChI=1S/C20H20N4O3/c1-11-18(12(2)27-22-11)20(26)24-13-7-8-14(24)10-23-17(9-13)21-16-6-4-3-5-15(16)19(23)25/h3-6,13-14H,7-10H2,1-2H3/t13-,14+/m1/s1. The van der Waals surface area contributed by atoms with E-state index in [2.05, 4.69) is 5.16 Å². The topological polar surface area (TPSA) is 81.2 Å². The molecule has 0 N–H and O–H groups in total. The minimum absolute atomic E-state index is 0.0156. The van der Waals surface area contributed by atoms with Crippen LogP contribution in [0.5, 0.6) is 0 Å². The number of nitrogens with zero attached hydrogens (tertiary/aromatic N) is 4. The Morgan fingerprint density at radius 1 is 1.19 bits per heavy atom. The third-order valence-electron chi connectivity index (χ3n) is 5.85. The van der Waals surface area contributed by atoms with Crippen LogP contribution in [0.3, 0.4) is 0 Å². The van der Waals surface area contributed by atoms with Gasteiger partial charge in [0.2, 0.25) is 0 Å². The molecule has 0 spiro atoms. The lowest BCUT2D eigenvalue weighted by Crippen LogP contribution is -2.42. The van der Waals surface area contributed by atoms with Gasteiger partial charge < -0.3 is 9.42 Å². The van der Waals surface area contributed by atoms with E-state index >= 15 is 0 Å². The molecule has 0 saturated carbocycles. The molecule has 3 aromatic rings. The Hall–Kier alpha value is -2.96. The van der Waals surface area contributed by atoms with Crippen molar-refractivity contribution in [3.63, 3.8) is 0 Å². The highest BCUT2D eigenvalue weighted by molar-refractivity contribution is 5.96. The van der Waals surface area contributed by atoms with Crippen LogP contribution in [0.4, 0.5) is 0 Å². The van der Waals surface area contributed by atoms with Crippen molar-refractivity contribution in [1.82, 2.24) is 19.6 Å². The summed E-state index contributed by atoms with van der Waals surface area (Å²) in [6, 6.07) is 7.45. The van der Waals surface area contributed by atoms with Gasteiger partial charge in [0.1, 0.15) is 17.1 Å². The highest BCUT2D eigenvalue weighted by atomic mass is 16.5. The molecule has 7 heteroatoms. The summed E-state index contributed by atoms with van der Waals surface area (Å²) in [4.78, 5) is 33.0. The van der Waals surface area contributed by atoms with Crippen LogP contribution in [0.15, 0.2) is 33.6 Å².